The standard InChI is InChI=1S/C16H29N3/c1-5-6-7-8-9-10-11-16(17-4)15-12-13(2)18-19-14(15)3/h12,16-17H,5-11H2,1-4H3. The SMILES string of the molecule is CCCCCCCCC(NC)c1cc(C)nnc1C. The molecule has 3 heteroatoms. The highest BCUT2D eigenvalue weighted by molar-refractivity contribution is 5.23. The van der Waals surface area contributed by atoms with Crippen molar-refractivity contribution >= 4 is 0 Å². The van der Waals surface area contributed by atoms with Gasteiger partial charge in [0.05, 0.1) is 11.4 Å². The van der Waals surface area contributed by atoms with Crippen LogP contribution >= 0.6 is 0 Å². The first-order chi connectivity index (χ1) is 9.19. The van der Waals surface area contributed by atoms with E-state index < -0.39 is 0 Å². The minimum atomic E-state index is 0.417. The second kappa shape index (κ2) is 9.03. The molecule has 0 fully saturated rings. The zero-order valence-electron chi connectivity index (χ0n) is 13.0. The van der Waals surface area contributed by atoms with Gasteiger partial charge in [-0.2, -0.15) is 10.2 Å². The van der Waals surface area contributed by atoms with Crippen LogP contribution in [0, 0.1) is 13.8 Å². The van der Waals surface area contributed by atoms with Gasteiger partial charge in [0.25, 0.3) is 0 Å². The van der Waals surface area contributed by atoms with E-state index in [0.29, 0.717) is 6.04 Å². The Bertz CT molecular complexity index is 363. The van der Waals surface area contributed by atoms with Crippen molar-refractivity contribution in [3.8, 4) is 0 Å². The van der Waals surface area contributed by atoms with Crippen LogP contribution in [0.2, 0.25) is 0 Å². The van der Waals surface area contributed by atoms with E-state index in [4.69, 9.17) is 0 Å². The average Bonchev–Trinajstić information content (AvgIpc) is 2.41. The largest absolute Gasteiger partial charge is 0.313 e. The normalized spacial score (nSPS) is 12.6. The van der Waals surface area contributed by atoms with Crippen molar-refractivity contribution in [2.75, 3.05) is 7.05 Å². The first kappa shape index (κ1) is 16.1. The van der Waals surface area contributed by atoms with Crippen molar-refractivity contribution < 1.29 is 0 Å². The molecule has 0 saturated heterocycles. The van der Waals surface area contributed by atoms with E-state index in [1.54, 1.807) is 0 Å². The van der Waals surface area contributed by atoms with E-state index in [9.17, 15) is 0 Å². The first-order valence-electron chi connectivity index (χ1n) is 7.67. The summed E-state index contributed by atoms with van der Waals surface area (Å²) in [6.45, 7) is 6.32. The van der Waals surface area contributed by atoms with Gasteiger partial charge in [-0.15, -0.1) is 0 Å². The predicted octanol–water partition coefficient (Wildman–Crippen LogP) is 4.10. The van der Waals surface area contributed by atoms with Gasteiger partial charge in [-0.05, 0) is 38.9 Å². The van der Waals surface area contributed by atoms with Gasteiger partial charge in [-0.1, -0.05) is 45.4 Å². The highest BCUT2D eigenvalue weighted by atomic mass is 15.1. The number of nitrogens with zero attached hydrogens (tertiary/aromatic N) is 2. The van der Waals surface area contributed by atoms with Crippen LogP contribution in [0.15, 0.2) is 6.07 Å². The second-order valence-corrected chi connectivity index (χ2v) is 5.42. The Hall–Kier alpha value is -0.960. The minimum Gasteiger partial charge on any atom is -0.313 e. The zero-order valence-corrected chi connectivity index (χ0v) is 13.0. The molecule has 0 amide bonds. The van der Waals surface area contributed by atoms with Crippen LogP contribution in [-0.4, -0.2) is 17.2 Å². The number of hydrogen-bond donors (Lipinski definition) is 1. The summed E-state index contributed by atoms with van der Waals surface area (Å²) in [5.41, 5.74) is 3.36. The molecule has 108 valence electrons. The van der Waals surface area contributed by atoms with Crippen molar-refractivity contribution in [1.29, 1.82) is 0 Å². The summed E-state index contributed by atoms with van der Waals surface area (Å²) in [5, 5.41) is 11.8. The number of hydrogen-bond acceptors (Lipinski definition) is 3. The van der Waals surface area contributed by atoms with Crippen molar-refractivity contribution in [2.45, 2.75) is 71.8 Å². The molecule has 1 heterocycles. The lowest BCUT2D eigenvalue weighted by molar-refractivity contribution is 0.493. The molecule has 0 aliphatic heterocycles. The van der Waals surface area contributed by atoms with E-state index in [1.165, 1.54) is 50.5 Å². The Labute approximate surface area is 118 Å². The lowest BCUT2D eigenvalue weighted by atomic mass is 9.98. The minimum absolute atomic E-state index is 0.417. The van der Waals surface area contributed by atoms with E-state index >= 15 is 0 Å². The van der Waals surface area contributed by atoms with E-state index in [2.05, 4.69) is 28.5 Å². The van der Waals surface area contributed by atoms with Gasteiger partial charge in [-0.3, -0.25) is 0 Å². The number of aryl methyl sites for hydroxylation is 2. The van der Waals surface area contributed by atoms with Crippen LogP contribution in [0.4, 0.5) is 0 Å². The summed E-state index contributed by atoms with van der Waals surface area (Å²) < 4.78 is 0. The van der Waals surface area contributed by atoms with Crippen molar-refractivity contribution in [2.24, 2.45) is 0 Å². The van der Waals surface area contributed by atoms with Crippen LogP contribution in [0.3, 0.4) is 0 Å². The Morgan fingerprint density at radius 3 is 2.42 bits per heavy atom. The fourth-order valence-electron chi connectivity index (χ4n) is 2.51. The molecule has 0 bridgehead atoms. The number of unbranched alkanes of at least 4 members (excludes halogenated alkanes) is 5. The summed E-state index contributed by atoms with van der Waals surface area (Å²) in [6.07, 6.45) is 9.27. The highest BCUT2D eigenvalue weighted by Crippen LogP contribution is 2.22. The van der Waals surface area contributed by atoms with Crippen molar-refractivity contribution in [3.05, 3.63) is 23.0 Å². The number of nitrogens with one attached hydrogen (secondary N) is 1. The molecular weight excluding hydrogens is 234 g/mol. The van der Waals surface area contributed by atoms with Gasteiger partial charge in [0.1, 0.15) is 0 Å². The molecule has 0 aliphatic carbocycles. The van der Waals surface area contributed by atoms with E-state index in [-0.39, 0.29) is 0 Å². The molecular formula is C16H29N3. The molecule has 1 atom stereocenters. The maximum absolute atomic E-state index is 4.23. The lowest BCUT2D eigenvalue weighted by Crippen LogP contribution is -2.18. The molecule has 1 N–H and O–H groups in total. The van der Waals surface area contributed by atoms with Gasteiger partial charge in [0.2, 0.25) is 0 Å². The summed E-state index contributed by atoms with van der Waals surface area (Å²) >= 11 is 0. The third kappa shape index (κ3) is 5.68. The summed E-state index contributed by atoms with van der Waals surface area (Å²) in [6, 6.07) is 2.58. The van der Waals surface area contributed by atoms with Crippen molar-refractivity contribution in [1.82, 2.24) is 15.5 Å². The second-order valence-electron chi connectivity index (χ2n) is 5.42. The Balaban J connectivity index is 2.42. The van der Waals surface area contributed by atoms with Gasteiger partial charge in [0.15, 0.2) is 0 Å². The van der Waals surface area contributed by atoms with Crippen LogP contribution in [-0.2, 0) is 0 Å². The highest BCUT2D eigenvalue weighted by Gasteiger charge is 2.13. The maximum atomic E-state index is 4.23. The van der Waals surface area contributed by atoms with Crippen LogP contribution in [0.5, 0.6) is 0 Å². The zero-order chi connectivity index (χ0) is 14.1. The Morgan fingerprint density at radius 1 is 1.05 bits per heavy atom. The lowest BCUT2D eigenvalue weighted by Gasteiger charge is -2.18. The molecule has 0 aliphatic rings. The molecule has 1 aromatic heterocycles. The summed E-state index contributed by atoms with van der Waals surface area (Å²) in [4.78, 5) is 0. The number of rotatable bonds is 9. The molecule has 19 heavy (non-hydrogen) atoms. The molecule has 0 radical (unpaired) electrons. The molecule has 0 saturated carbocycles. The molecule has 3 nitrogen and oxygen atoms in total. The topological polar surface area (TPSA) is 37.8 Å². The molecule has 1 unspecified atom stereocenters. The third-order valence-corrected chi connectivity index (χ3v) is 3.71. The molecule has 0 spiro atoms. The quantitative estimate of drug-likeness (QED) is 0.681. The van der Waals surface area contributed by atoms with Crippen LogP contribution in [0.25, 0.3) is 0 Å². The Morgan fingerprint density at radius 2 is 1.74 bits per heavy atom. The predicted molar refractivity (Wildman–Crippen MR) is 81.3 cm³/mol. The van der Waals surface area contributed by atoms with Gasteiger partial charge >= 0.3 is 0 Å². The van der Waals surface area contributed by atoms with Gasteiger partial charge < -0.3 is 5.32 Å². The summed E-state index contributed by atoms with van der Waals surface area (Å²) in [5.74, 6) is 0. The van der Waals surface area contributed by atoms with Gasteiger partial charge in [-0.25, -0.2) is 0 Å². The third-order valence-electron chi connectivity index (χ3n) is 3.71. The van der Waals surface area contributed by atoms with Crippen molar-refractivity contribution in [3.63, 3.8) is 0 Å². The van der Waals surface area contributed by atoms with Crippen LogP contribution in [0.1, 0.15) is 74.9 Å². The monoisotopic (exact) mass is 263 g/mol. The van der Waals surface area contributed by atoms with E-state index in [0.717, 1.165) is 11.4 Å². The average molecular weight is 263 g/mol. The smallest absolute Gasteiger partial charge is 0.0648 e. The number of aromatic nitrogens is 2. The fraction of sp³-hybridized carbons (Fsp3) is 0.750. The first-order valence-corrected chi connectivity index (χ1v) is 7.67. The molecule has 1 aromatic rings. The van der Waals surface area contributed by atoms with Gasteiger partial charge in [0, 0.05) is 6.04 Å². The van der Waals surface area contributed by atoms with Crippen LogP contribution < -0.4 is 5.32 Å². The van der Waals surface area contributed by atoms with E-state index in [1.807, 2.05) is 20.9 Å². The molecule has 1 rings (SSSR count). The summed E-state index contributed by atoms with van der Waals surface area (Å²) in [7, 11) is 2.04. The Kier molecular flexibility index (Phi) is 7.65. The fourth-order valence-corrected chi connectivity index (χ4v) is 2.51. The molecule has 0 aromatic carbocycles. The maximum Gasteiger partial charge on any atom is 0.0648 e.